The minimum atomic E-state index is -1.12. The van der Waals surface area contributed by atoms with E-state index >= 15 is 0 Å². The van der Waals surface area contributed by atoms with Crippen LogP contribution in [0.1, 0.15) is 39.2 Å². The Morgan fingerprint density at radius 2 is 1.71 bits per heavy atom. The van der Waals surface area contributed by atoms with E-state index in [2.05, 4.69) is 10.6 Å². The molecule has 0 aliphatic carbocycles. The number of carbonyl (C=O) groups is 3. The third kappa shape index (κ3) is 5.87. The molecular formula is C20H29N3O5. The SMILES string of the molecule is CNC(=O)C1(NC(=O)OCc2ccccc2)CCN(C(=O)OC(C)(C)C)CC1. The van der Waals surface area contributed by atoms with E-state index in [1.165, 1.54) is 7.05 Å². The van der Waals surface area contributed by atoms with Gasteiger partial charge in [0.25, 0.3) is 0 Å². The molecule has 0 saturated carbocycles. The lowest BCUT2D eigenvalue weighted by Gasteiger charge is -2.40. The fraction of sp³-hybridized carbons (Fsp3) is 0.550. The number of piperidine rings is 1. The van der Waals surface area contributed by atoms with Gasteiger partial charge in [-0.2, -0.15) is 0 Å². The summed E-state index contributed by atoms with van der Waals surface area (Å²) in [6.07, 6.45) is -0.554. The van der Waals surface area contributed by atoms with E-state index in [4.69, 9.17) is 9.47 Å². The maximum Gasteiger partial charge on any atom is 0.410 e. The minimum absolute atomic E-state index is 0.112. The van der Waals surface area contributed by atoms with Crippen LogP contribution in [0.25, 0.3) is 0 Å². The fourth-order valence-electron chi connectivity index (χ4n) is 3.00. The van der Waals surface area contributed by atoms with Crippen LogP contribution < -0.4 is 10.6 Å². The van der Waals surface area contributed by atoms with Gasteiger partial charge in [-0.1, -0.05) is 30.3 Å². The Morgan fingerprint density at radius 1 is 1.11 bits per heavy atom. The molecule has 8 nitrogen and oxygen atoms in total. The number of hydrogen-bond donors (Lipinski definition) is 2. The van der Waals surface area contributed by atoms with Gasteiger partial charge in [0.2, 0.25) is 5.91 Å². The second-order valence-corrected chi connectivity index (χ2v) is 7.82. The summed E-state index contributed by atoms with van der Waals surface area (Å²) >= 11 is 0. The molecule has 0 aromatic heterocycles. The maximum absolute atomic E-state index is 12.5. The first-order valence-electron chi connectivity index (χ1n) is 9.34. The van der Waals surface area contributed by atoms with Crippen molar-refractivity contribution in [2.45, 2.75) is 51.4 Å². The van der Waals surface area contributed by atoms with Crippen molar-refractivity contribution in [2.75, 3.05) is 20.1 Å². The van der Waals surface area contributed by atoms with Crippen LogP contribution in [0, 0.1) is 0 Å². The molecule has 1 fully saturated rings. The van der Waals surface area contributed by atoms with Gasteiger partial charge in [-0.25, -0.2) is 9.59 Å². The van der Waals surface area contributed by atoms with Crippen molar-refractivity contribution in [3.63, 3.8) is 0 Å². The van der Waals surface area contributed by atoms with Gasteiger partial charge in [0.1, 0.15) is 17.7 Å². The Labute approximate surface area is 165 Å². The number of nitrogens with zero attached hydrogens (tertiary/aromatic N) is 1. The fourth-order valence-corrected chi connectivity index (χ4v) is 3.00. The average Bonchev–Trinajstić information content (AvgIpc) is 2.65. The van der Waals surface area contributed by atoms with Crippen molar-refractivity contribution in [1.29, 1.82) is 0 Å². The molecule has 1 aromatic rings. The second kappa shape index (κ2) is 8.95. The van der Waals surface area contributed by atoms with E-state index in [0.717, 1.165) is 5.56 Å². The number of hydrogen-bond acceptors (Lipinski definition) is 5. The van der Waals surface area contributed by atoms with Gasteiger partial charge in [-0.15, -0.1) is 0 Å². The van der Waals surface area contributed by atoms with Gasteiger partial charge in [-0.05, 0) is 39.2 Å². The number of likely N-dealkylation sites (tertiary alicyclic amines) is 1. The first-order valence-corrected chi connectivity index (χ1v) is 9.34. The van der Waals surface area contributed by atoms with Crippen molar-refractivity contribution in [3.05, 3.63) is 35.9 Å². The summed E-state index contributed by atoms with van der Waals surface area (Å²) in [6, 6.07) is 9.29. The number of alkyl carbamates (subject to hydrolysis) is 1. The predicted molar refractivity (Wildman–Crippen MR) is 104 cm³/mol. The third-order valence-electron chi connectivity index (χ3n) is 4.48. The molecule has 3 amide bonds. The van der Waals surface area contributed by atoms with Crippen LogP contribution in [0.5, 0.6) is 0 Å². The quantitative estimate of drug-likeness (QED) is 0.822. The van der Waals surface area contributed by atoms with Crippen LogP contribution in [-0.2, 0) is 20.9 Å². The first kappa shape index (κ1) is 21.5. The lowest BCUT2D eigenvalue weighted by molar-refractivity contribution is -0.129. The average molecular weight is 391 g/mol. The molecule has 1 heterocycles. The van der Waals surface area contributed by atoms with Crippen molar-refractivity contribution in [3.8, 4) is 0 Å². The van der Waals surface area contributed by atoms with Crippen molar-refractivity contribution >= 4 is 18.1 Å². The van der Waals surface area contributed by atoms with Crippen molar-refractivity contribution in [2.24, 2.45) is 0 Å². The van der Waals surface area contributed by atoms with Crippen LogP contribution >= 0.6 is 0 Å². The standard InChI is InChI=1S/C20H29N3O5/c1-19(2,3)28-18(26)23-12-10-20(11-13-23,16(24)21-4)22-17(25)27-14-15-8-6-5-7-9-15/h5-9H,10-14H2,1-4H3,(H,21,24)(H,22,25). The first-order chi connectivity index (χ1) is 13.1. The van der Waals surface area contributed by atoms with Gasteiger partial charge in [0.15, 0.2) is 0 Å². The Hall–Kier alpha value is -2.77. The van der Waals surface area contributed by atoms with Gasteiger partial charge in [0, 0.05) is 20.1 Å². The molecule has 154 valence electrons. The van der Waals surface area contributed by atoms with E-state index in [1.807, 2.05) is 30.3 Å². The van der Waals surface area contributed by atoms with E-state index < -0.39 is 23.3 Å². The number of benzene rings is 1. The van der Waals surface area contributed by atoms with E-state index in [-0.39, 0.29) is 25.4 Å². The largest absolute Gasteiger partial charge is 0.445 e. The molecule has 1 saturated heterocycles. The number of nitrogens with one attached hydrogen (secondary N) is 2. The molecule has 0 bridgehead atoms. The van der Waals surface area contributed by atoms with Crippen molar-refractivity contribution in [1.82, 2.24) is 15.5 Å². The molecule has 28 heavy (non-hydrogen) atoms. The predicted octanol–water partition coefficient (Wildman–Crippen LogP) is 2.43. The topological polar surface area (TPSA) is 97.0 Å². The summed E-state index contributed by atoms with van der Waals surface area (Å²) in [6.45, 7) is 6.10. The molecule has 2 rings (SSSR count). The highest BCUT2D eigenvalue weighted by Gasteiger charge is 2.44. The van der Waals surface area contributed by atoms with Gasteiger partial charge in [0.05, 0.1) is 0 Å². The summed E-state index contributed by atoms with van der Waals surface area (Å²) in [7, 11) is 1.52. The molecule has 0 atom stereocenters. The highest BCUT2D eigenvalue weighted by Crippen LogP contribution is 2.24. The summed E-state index contributed by atoms with van der Waals surface area (Å²) in [5.41, 5.74) is -0.862. The summed E-state index contributed by atoms with van der Waals surface area (Å²) in [5, 5.41) is 5.30. The van der Waals surface area contributed by atoms with E-state index in [0.29, 0.717) is 13.1 Å². The molecule has 1 aliphatic heterocycles. The van der Waals surface area contributed by atoms with Gasteiger partial charge >= 0.3 is 12.2 Å². The number of carbonyl (C=O) groups excluding carboxylic acids is 3. The number of likely N-dealkylation sites (N-methyl/N-ethyl adjacent to an activating group) is 1. The number of ether oxygens (including phenoxy) is 2. The Morgan fingerprint density at radius 3 is 2.25 bits per heavy atom. The Kier molecular flexibility index (Phi) is 6.88. The number of rotatable bonds is 4. The molecular weight excluding hydrogens is 362 g/mol. The molecule has 1 aromatic carbocycles. The Bertz CT molecular complexity index is 692. The van der Waals surface area contributed by atoms with Crippen LogP contribution in [0.15, 0.2) is 30.3 Å². The lowest BCUT2D eigenvalue weighted by Crippen LogP contribution is -2.63. The second-order valence-electron chi connectivity index (χ2n) is 7.82. The number of amides is 3. The Balaban J connectivity index is 1.97. The molecule has 0 unspecified atom stereocenters. The molecule has 8 heteroatoms. The highest BCUT2D eigenvalue weighted by atomic mass is 16.6. The monoisotopic (exact) mass is 391 g/mol. The zero-order valence-electron chi connectivity index (χ0n) is 16.9. The molecule has 2 N–H and O–H groups in total. The van der Waals surface area contributed by atoms with Gasteiger partial charge in [-0.3, -0.25) is 4.79 Å². The van der Waals surface area contributed by atoms with Crippen molar-refractivity contribution < 1.29 is 23.9 Å². The zero-order chi connectivity index (χ0) is 20.8. The molecule has 0 radical (unpaired) electrons. The van der Waals surface area contributed by atoms with E-state index in [1.54, 1.807) is 25.7 Å². The third-order valence-corrected chi connectivity index (χ3v) is 4.48. The van der Waals surface area contributed by atoms with Crippen LogP contribution in [0.2, 0.25) is 0 Å². The molecule has 1 aliphatic rings. The summed E-state index contributed by atoms with van der Waals surface area (Å²) in [4.78, 5) is 38.6. The zero-order valence-corrected chi connectivity index (χ0v) is 16.9. The highest BCUT2D eigenvalue weighted by molar-refractivity contribution is 5.90. The van der Waals surface area contributed by atoms with Crippen LogP contribution in [0.4, 0.5) is 9.59 Å². The van der Waals surface area contributed by atoms with Gasteiger partial charge < -0.3 is 25.0 Å². The smallest absolute Gasteiger partial charge is 0.410 e. The van der Waals surface area contributed by atoms with E-state index in [9.17, 15) is 14.4 Å². The normalized spacial score (nSPS) is 16.1. The molecule has 0 spiro atoms. The lowest BCUT2D eigenvalue weighted by atomic mass is 9.86. The summed E-state index contributed by atoms with van der Waals surface area (Å²) in [5.74, 6) is -0.312. The minimum Gasteiger partial charge on any atom is -0.445 e. The maximum atomic E-state index is 12.5. The summed E-state index contributed by atoms with van der Waals surface area (Å²) < 4.78 is 10.6. The van der Waals surface area contributed by atoms with Crippen LogP contribution in [0.3, 0.4) is 0 Å². The van der Waals surface area contributed by atoms with Crippen LogP contribution in [-0.4, -0.2) is 54.3 Å².